The van der Waals surface area contributed by atoms with Crippen LogP contribution < -0.4 is 0 Å². The van der Waals surface area contributed by atoms with Gasteiger partial charge in [0.2, 0.25) is 0 Å². The van der Waals surface area contributed by atoms with Gasteiger partial charge < -0.3 is 0 Å². The molecule has 1 heteroatoms. The molecule has 67 valence electrons. The van der Waals surface area contributed by atoms with Crippen LogP contribution in [0.3, 0.4) is 0 Å². The third-order valence-corrected chi connectivity index (χ3v) is 1.21. The van der Waals surface area contributed by atoms with E-state index >= 15 is 0 Å². The van der Waals surface area contributed by atoms with Crippen LogP contribution in [-0.4, -0.2) is 0 Å². The molecule has 0 N–H and O–H groups in total. The van der Waals surface area contributed by atoms with Crippen LogP contribution in [0.1, 0.15) is 0 Å². The van der Waals surface area contributed by atoms with E-state index in [-0.39, 0.29) is 16.8 Å². The van der Waals surface area contributed by atoms with E-state index in [1.54, 1.807) is 0 Å². The molecule has 2 aromatic rings. The van der Waals surface area contributed by atoms with Crippen LogP contribution in [0.25, 0.3) is 0 Å². The quantitative estimate of drug-likeness (QED) is 0.590. The van der Waals surface area contributed by atoms with Crippen molar-refractivity contribution < 1.29 is 16.8 Å². The Hall–Kier alpha value is -1.05. The third-order valence-electron chi connectivity index (χ3n) is 1.21. The molecular formula is C12H10Co. The van der Waals surface area contributed by atoms with E-state index in [9.17, 15) is 0 Å². The second kappa shape index (κ2) is 9.04. The first-order valence-corrected chi connectivity index (χ1v) is 3.82. The van der Waals surface area contributed by atoms with E-state index in [0.29, 0.717) is 0 Å². The summed E-state index contributed by atoms with van der Waals surface area (Å²) in [6.45, 7) is 0. The van der Waals surface area contributed by atoms with E-state index in [1.165, 1.54) is 0 Å². The maximum absolute atomic E-state index is 2.89. The molecule has 0 aliphatic rings. The van der Waals surface area contributed by atoms with Gasteiger partial charge in [0, 0.05) is 0 Å². The van der Waals surface area contributed by atoms with Crippen LogP contribution in [0.5, 0.6) is 0 Å². The van der Waals surface area contributed by atoms with E-state index in [0.717, 1.165) is 0 Å². The number of hydrogen-bond donors (Lipinski definition) is 0. The number of rotatable bonds is 0. The van der Waals surface area contributed by atoms with E-state index < -0.39 is 0 Å². The fourth-order valence-corrected chi connectivity index (χ4v) is 0.684. The predicted octanol–water partition coefficient (Wildman–Crippen LogP) is 2.97. The first-order valence-electron chi connectivity index (χ1n) is 3.82. The van der Waals surface area contributed by atoms with Crippen molar-refractivity contribution in [3.63, 3.8) is 0 Å². The monoisotopic (exact) mass is 213 g/mol. The Kier molecular flexibility index (Phi) is 8.31. The third kappa shape index (κ3) is 7.31. The Bertz CT molecular complexity index is 181. The average Bonchev–Trinajstić information content (AvgIpc) is 2.24. The molecule has 0 saturated carbocycles. The van der Waals surface area contributed by atoms with Gasteiger partial charge in [0.15, 0.2) is 0 Å². The van der Waals surface area contributed by atoms with Crippen LogP contribution in [0.2, 0.25) is 0 Å². The van der Waals surface area contributed by atoms with Gasteiger partial charge in [0.1, 0.15) is 0 Å². The molecule has 1 radical (unpaired) electrons. The van der Waals surface area contributed by atoms with Gasteiger partial charge in [-0.25, -0.2) is 0 Å². The fourth-order valence-electron chi connectivity index (χ4n) is 0.684. The topological polar surface area (TPSA) is 0 Å². The van der Waals surface area contributed by atoms with Crippen molar-refractivity contribution in [3.8, 4) is 0 Å². The Morgan fingerprint density at radius 1 is 0.462 bits per heavy atom. The number of hydrogen-bond acceptors (Lipinski definition) is 0. The Morgan fingerprint density at radius 3 is 0.846 bits per heavy atom. The zero-order valence-electron chi connectivity index (χ0n) is 7.11. The minimum Gasteiger partial charge on any atom is -0.184 e. The first-order chi connectivity index (χ1) is 6.00. The molecular weight excluding hydrogens is 203 g/mol. The van der Waals surface area contributed by atoms with Gasteiger partial charge in [-0.1, -0.05) is 0 Å². The normalized spacial score (nSPS) is 7.38. The Labute approximate surface area is 89.8 Å². The molecule has 0 atom stereocenters. The summed E-state index contributed by atoms with van der Waals surface area (Å²) >= 11 is 0. The Morgan fingerprint density at radius 2 is 0.769 bits per heavy atom. The van der Waals surface area contributed by atoms with Gasteiger partial charge in [0.25, 0.3) is 0 Å². The molecule has 0 saturated heterocycles. The first kappa shape index (κ1) is 11.9. The maximum Gasteiger partial charge on any atom is 2.00 e. The molecule has 0 heterocycles. The molecule has 0 spiro atoms. The second-order valence-electron chi connectivity index (χ2n) is 2.15. The zero-order chi connectivity index (χ0) is 8.49. The van der Waals surface area contributed by atoms with E-state index in [1.807, 2.05) is 60.7 Å². The van der Waals surface area contributed by atoms with Crippen molar-refractivity contribution in [2.75, 3.05) is 0 Å². The van der Waals surface area contributed by atoms with Crippen LogP contribution in [0.4, 0.5) is 0 Å². The van der Waals surface area contributed by atoms with Gasteiger partial charge in [-0.2, -0.15) is 72.8 Å². The summed E-state index contributed by atoms with van der Waals surface area (Å²) in [7, 11) is 0. The van der Waals surface area contributed by atoms with Crippen molar-refractivity contribution in [2.45, 2.75) is 0 Å². The van der Waals surface area contributed by atoms with Gasteiger partial charge in [-0.3, -0.25) is 0 Å². The zero-order valence-corrected chi connectivity index (χ0v) is 8.15. The van der Waals surface area contributed by atoms with Crippen LogP contribution in [0, 0.1) is 12.1 Å². The van der Waals surface area contributed by atoms with Gasteiger partial charge in [-0.05, 0) is 0 Å². The smallest absolute Gasteiger partial charge is 0.184 e. The SMILES string of the molecule is [Co+2].[c-]1ccccc1.[c-]1ccccc1. The van der Waals surface area contributed by atoms with Crippen molar-refractivity contribution in [1.82, 2.24) is 0 Å². The standard InChI is InChI=1S/2C6H5.Co/c2*1-2-4-6-5-3-1;/h2*1-5H;/q2*-1;+2. The summed E-state index contributed by atoms with van der Waals surface area (Å²) in [5.74, 6) is 0. The van der Waals surface area contributed by atoms with Crippen molar-refractivity contribution in [2.24, 2.45) is 0 Å². The second-order valence-corrected chi connectivity index (χ2v) is 2.15. The summed E-state index contributed by atoms with van der Waals surface area (Å²) in [5.41, 5.74) is 0. The van der Waals surface area contributed by atoms with Gasteiger partial charge in [0.05, 0.1) is 0 Å². The summed E-state index contributed by atoms with van der Waals surface area (Å²) in [5, 5.41) is 0. The van der Waals surface area contributed by atoms with Crippen molar-refractivity contribution in [1.29, 1.82) is 0 Å². The summed E-state index contributed by atoms with van der Waals surface area (Å²) in [6.07, 6.45) is 0. The molecule has 2 aromatic carbocycles. The summed E-state index contributed by atoms with van der Waals surface area (Å²) in [4.78, 5) is 0. The molecule has 0 bridgehead atoms. The average molecular weight is 213 g/mol. The molecule has 0 aliphatic heterocycles. The molecule has 0 nitrogen and oxygen atoms in total. The van der Waals surface area contributed by atoms with Gasteiger partial charge in [-0.15, -0.1) is 0 Å². The van der Waals surface area contributed by atoms with Crippen molar-refractivity contribution in [3.05, 3.63) is 72.8 Å². The molecule has 0 aliphatic carbocycles. The number of benzene rings is 2. The summed E-state index contributed by atoms with van der Waals surface area (Å²) in [6, 6.07) is 25.0. The largest absolute Gasteiger partial charge is 2.00 e. The Balaban J connectivity index is 0.000000206. The van der Waals surface area contributed by atoms with Crippen molar-refractivity contribution >= 4 is 0 Å². The molecule has 13 heavy (non-hydrogen) atoms. The predicted molar refractivity (Wildman–Crippen MR) is 50.6 cm³/mol. The molecule has 2 rings (SSSR count). The van der Waals surface area contributed by atoms with Crippen LogP contribution in [0.15, 0.2) is 60.7 Å². The van der Waals surface area contributed by atoms with Gasteiger partial charge >= 0.3 is 16.8 Å². The molecule has 0 aromatic heterocycles. The van der Waals surface area contributed by atoms with E-state index in [2.05, 4.69) is 12.1 Å². The van der Waals surface area contributed by atoms with Crippen LogP contribution >= 0.6 is 0 Å². The minimum atomic E-state index is 0. The molecule has 0 amide bonds. The minimum absolute atomic E-state index is 0. The fraction of sp³-hybridized carbons (Fsp3) is 0. The van der Waals surface area contributed by atoms with E-state index in [4.69, 9.17) is 0 Å². The summed E-state index contributed by atoms with van der Waals surface area (Å²) < 4.78 is 0. The molecule has 0 unspecified atom stereocenters. The van der Waals surface area contributed by atoms with Crippen LogP contribution in [-0.2, 0) is 16.8 Å². The maximum atomic E-state index is 2.89. The molecule has 0 fully saturated rings.